The summed E-state index contributed by atoms with van der Waals surface area (Å²) in [7, 11) is 0. The fraction of sp³-hybridized carbons (Fsp3) is 0.700. The Morgan fingerprint density at radius 2 is 1.82 bits per heavy atom. The third-order valence-electron chi connectivity index (χ3n) is 2.21. The van der Waals surface area contributed by atoms with E-state index >= 15 is 0 Å². The number of aldehydes is 1. The van der Waals surface area contributed by atoms with Crippen molar-refractivity contribution in [1.29, 1.82) is 0 Å². The van der Waals surface area contributed by atoms with Gasteiger partial charge in [0, 0.05) is 6.42 Å². The van der Waals surface area contributed by atoms with Gasteiger partial charge in [0.25, 0.3) is 0 Å². The Hall–Kier alpha value is -0.590. The van der Waals surface area contributed by atoms with Crippen molar-refractivity contribution in [2.45, 2.75) is 44.9 Å². The molecule has 0 N–H and O–H groups in total. The summed E-state index contributed by atoms with van der Waals surface area (Å²) in [4.78, 5) is 10.0. The van der Waals surface area contributed by atoms with Crippen molar-refractivity contribution in [3.8, 4) is 0 Å². The van der Waals surface area contributed by atoms with Crippen molar-refractivity contribution in [2.75, 3.05) is 0 Å². The van der Waals surface area contributed by atoms with E-state index in [1.165, 1.54) is 32.1 Å². The molecular formula is C10H16O. The maximum atomic E-state index is 10.0. The molecule has 0 radical (unpaired) electrons. The van der Waals surface area contributed by atoms with Gasteiger partial charge in [-0.2, -0.15) is 0 Å². The van der Waals surface area contributed by atoms with E-state index in [4.69, 9.17) is 0 Å². The van der Waals surface area contributed by atoms with Gasteiger partial charge in [-0.25, -0.2) is 0 Å². The number of allylic oxidation sites excluding steroid dienone is 2. The molecular weight excluding hydrogens is 136 g/mol. The second-order valence-electron chi connectivity index (χ2n) is 3.17. The van der Waals surface area contributed by atoms with Gasteiger partial charge in [-0.05, 0) is 32.1 Å². The van der Waals surface area contributed by atoms with Crippen molar-refractivity contribution in [1.82, 2.24) is 0 Å². The zero-order chi connectivity index (χ0) is 7.94. The molecule has 1 aliphatic rings. The molecule has 1 fully saturated rings. The number of rotatable bonds is 3. The summed E-state index contributed by atoms with van der Waals surface area (Å²) in [5, 5.41) is 0. The van der Waals surface area contributed by atoms with Crippen LogP contribution >= 0.6 is 0 Å². The standard InChI is InChI=1S/C10H16O/c11-9-5-4-8-10-6-2-1-3-7-10/h8-9H,1-7H2. The van der Waals surface area contributed by atoms with Crippen LogP contribution in [0.1, 0.15) is 44.9 Å². The third kappa shape index (κ3) is 3.35. The Morgan fingerprint density at radius 3 is 2.45 bits per heavy atom. The highest BCUT2D eigenvalue weighted by molar-refractivity contribution is 5.49. The molecule has 0 bridgehead atoms. The molecule has 1 heteroatoms. The van der Waals surface area contributed by atoms with Crippen LogP contribution < -0.4 is 0 Å². The first-order valence-corrected chi connectivity index (χ1v) is 4.55. The van der Waals surface area contributed by atoms with Crippen LogP contribution in [0.2, 0.25) is 0 Å². The molecule has 1 aliphatic carbocycles. The largest absolute Gasteiger partial charge is 0.303 e. The molecule has 11 heavy (non-hydrogen) atoms. The summed E-state index contributed by atoms with van der Waals surface area (Å²) in [6.45, 7) is 0. The Bertz CT molecular complexity index is 139. The number of hydrogen-bond acceptors (Lipinski definition) is 1. The first-order chi connectivity index (χ1) is 5.43. The third-order valence-corrected chi connectivity index (χ3v) is 2.21. The maximum Gasteiger partial charge on any atom is 0.120 e. The van der Waals surface area contributed by atoms with E-state index in [1.54, 1.807) is 5.57 Å². The Kier molecular flexibility index (Phi) is 3.95. The highest BCUT2D eigenvalue weighted by atomic mass is 16.1. The van der Waals surface area contributed by atoms with E-state index in [0.717, 1.165) is 12.7 Å². The quantitative estimate of drug-likeness (QED) is 0.345. The van der Waals surface area contributed by atoms with Crippen LogP contribution in [0.25, 0.3) is 0 Å². The van der Waals surface area contributed by atoms with Crippen molar-refractivity contribution < 1.29 is 4.79 Å². The van der Waals surface area contributed by atoms with Crippen LogP contribution in [0.4, 0.5) is 0 Å². The Morgan fingerprint density at radius 1 is 1.09 bits per heavy atom. The Balaban J connectivity index is 2.20. The maximum absolute atomic E-state index is 10.0. The second kappa shape index (κ2) is 5.11. The molecule has 0 saturated heterocycles. The summed E-state index contributed by atoms with van der Waals surface area (Å²) in [6.07, 6.45) is 11.6. The van der Waals surface area contributed by atoms with E-state index in [1.807, 2.05) is 0 Å². The number of unbranched alkanes of at least 4 members (excludes halogenated alkanes) is 1. The highest BCUT2D eigenvalue weighted by Crippen LogP contribution is 2.22. The molecule has 0 amide bonds. The predicted octanol–water partition coefficient (Wildman–Crippen LogP) is 2.86. The molecule has 0 heterocycles. The van der Waals surface area contributed by atoms with E-state index in [-0.39, 0.29) is 0 Å². The van der Waals surface area contributed by atoms with Crippen LogP contribution in [0.5, 0.6) is 0 Å². The second-order valence-corrected chi connectivity index (χ2v) is 3.17. The first kappa shape index (κ1) is 8.51. The van der Waals surface area contributed by atoms with Crippen LogP contribution in [-0.2, 0) is 4.79 Å². The number of hydrogen-bond donors (Lipinski definition) is 0. The predicted molar refractivity (Wildman–Crippen MR) is 46.5 cm³/mol. The smallest absolute Gasteiger partial charge is 0.120 e. The fourth-order valence-electron chi connectivity index (χ4n) is 1.57. The van der Waals surface area contributed by atoms with Crippen LogP contribution in [0.3, 0.4) is 0 Å². The van der Waals surface area contributed by atoms with Crippen LogP contribution in [0, 0.1) is 0 Å². The molecule has 0 unspecified atom stereocenters. The van der Waals surface area contributed by atoms with Gasteiger partial charge in [0.2, 0.25) is 0 Å². The highest BCUT2D eigenvalue weighted by Gasteiger charge is 2.03. The molecule has 1 rings (SSSR count). The number of carbonyl (C=O) groups excluding carboxylic acids is 1. The zero-order valence-electron chi connectivity index (χ0n) is 7.01. The molecule has 0 aromatic heterocycles. The zero-order valence-corrected chi connectivity index (χ0v) is 7.01. The summed E-state index contributed by atoms with van der Waals surface area (Å²) in [5.41, 5.74) is 1.58. The van der Waals surface area contributed by atoms with E-state index in [9.17, 15) is 4.79 Å². The van der Waals surface area contributed by atoms with Gasteiger partial charge in [-0.3, -0.25) is 0 Å². The van der Waals surface area contributed by atoms with Gasteiger partial charge in [-0.1, -0.05) is 18.1 Å². The topological polar surface area (TPSA) is 17.1 Å². The van der Waals surface area contributed by atoms with Crippen molar-refractivity contribution in [2.24, 2.45) is 0 Å². The first-order valence-electron chi connectivity index (χ1n) is 4.55. The fourth-order valence-corrected chi connectivity index (χ4v) is 1.57. The molecule has 0 spiro atoms. The van der Waals surface area contributed by atoms with Crippen molar-refractivity contribution in [3.05, 3.63) is 11.6 Å². The Labute approximate surface area is 68.5 Å². The monoisotopic (exact) mass is 152 g/mol. The summed E-state index contributed by atoms with van der Waals surface area (Å²) in [6, 6.07) is 0. The lowest BCUT2D eigenvalue weighted by Gasteiger charge is -2.12. The van der Waals surface area contributed by atoms with Gasteiger partial charge in [0.05, 0.1) is 0 Å². The van der Waals surface area contributed by atoms with Gasteiger partial charge in [-0.15, -0.1) is 0 Å². The molecule has 0 aromatic rings. The molecule has 1 saturated carbocycles. The number of carbonyl (C=O) groups is 1. The van der Waals surface area contributed by atoms with Crippen LogP contribution in [0.15, 0.2) is 11.6 Å². The van der Waals surface area contributed by atoms with E-state index in [2.05, 4.69) is 6.08 Å². The van der Waals surface area contributed by atoms with Gasteiger partial charge in [0.15, 0.2) is 0 Å². The lowest BCUT2D eigenvalue weighted by Crippen LogP contribution is -1.93. The lowest BCUT2D eigenvalue weighted by atomic mass is 9.94. The average molecular weight is 152 g/mol. The van der Waals surface area contributed by atoms with Gasteiger partial charge < -0.3 is 4.79 Å². The van der Waals surface area contributed by atoms with E-state index in [0.29, 0.717) is 6.42 Å². The van der Waals surface area contributed by atoms with Crippen molar-refractivity contribution in [3.63, 3.8) is 0 Å². The minimum Gasteiger partial charge on any atom is -0.303 e. The lowest BCUT2D eigenvalue weighted by molar-refractivity contribution is -0.107. The summed E-state index contributed by atoms with van der Waals surface area (Å²) < 4.78 is 0. The van der Waals surface area contributed by atoms with Crippen molar-refractivity contribution >= 4 is 6.29 Å². The molecule has 0 aromatic carbocycles. The molecule has 62 valence electrons. The summed E-state index contributed by atoms with van der Waals surface area (Å²) in [5.74, 6) is 0. The SMILES string of the molecule is O=CCCC=C1CCCCC1. The van der Waals surface area contributed by atoms with Crippen LogP contribution in [-0.4, -0.2) is 6.29 Å². The normalized spacial score (nSPS) is 18.0. The minimum atomic E-state index is 0.698. The molecule has 0 aliphatic heterocycles. The molecule has 1 nitrogen and oxygen atoms in total. The van der Waals surface area contributed by atoms with Gasteiger partial charge in [0.1, 0.15) is 6.29 Å². The van der Waals surface area contributed by atoms with E-state index < -0.39 is 0 Å². The summed E-state index contributed by atoms with van der Waals surface area (Å²) >= 11 is 0. The van der Waals surface area contributed by atoms with Gasteiger partial charge >= 0.3 is 0 Å². The average Bonchev–Trinajstić information content (AvgIpc) is 2.07. The molecule has 0 atom stereocenters. The minimum absolute atomic E-state index is 0.698.